The fraction of sp³-hybridized carbons (Fsp3) is 0.174. The summed E-state index contributed by atoms with van der Waals surface area (Å²) in [7, 11) is 0. The van der Waals surface area contributed by atoms with Gasteiger partial charge in [-0.1, -0.05) is 78.4 Å². The molecular weight excluding hydrogens is 320 g/mol. The lowest BCUT2D eigenvalue weighted by Gasteiger charge is -2.17. The number of anilines is 1. The predicted octanol–water partition coefficient (Wildman–Crippen LogP) is 3.59. The molecule has 0 saturated heterocycles. The van der Waals surface area contributed by atoms with Crippen molar-refractivity contribution in [3.63, 3.8) is 0 Å². The molecule has 3 heteroatoms. The van der Waals surface area contributed by atoms with Crippen molar-refractivity contribution < 1.29 is 10.1 Å². The number of hydrogen-bond donors (Lipinski definition) is 2. The Labute approximate surface area is 155 Å². The van der Waals surface area contributed by atoms with Crippen molar-refractivity contribution >= 4 is 11.6 Å². The maximum absolute atomic E-state index is 12.4. The van der Waals surface area contributed by atoms with Crippen molar-refractivity contribution in [2.24, 2.45) is 0 Å². The van der Waals surface area contributed by atoms with Gasteiger partial charge in [0.15, 0.2) is 6.54 Å². The van der Waals surface area contributed by atoms with Crippen LogP contribution in [0.1, 0.15) is 28.3 Å². The molecule has 3 nitrogen and oxygen atoms in total. The van der Waals surface area contributed by atoms with Crippen molar-refractivity contribution in [2.45, 2.75) is 19.9 Å². The number of hydrogen-bond acceptors (Lipinski definition) is 1. The zero-order valence-electron chi connectivity index (χ0n) is 15.3. The second-order valence-electron chi connectivity index (χ2n) is 6.60. The molecule has 26 heavy (non-hydrogen) atoms. The fourth-order valence-electron chi connectivity index (χ4n) is 3.04. The van der Waals surface area contributed by atoms with Gasteiger partial charge in [-0.05, 0) is 25.5 Å². The maximum Gasteiger partial charge on any atom is 0.279 e. The molecule has 3 aromatic carbocycles. The highest BCUT2D eigenvalue weighted by atomic mass is 16.1. The van der Waals surface area contributed by atoms with E-state index >= 15 is 0 Å². The lowest BCUT2D eigenvalue weighted by Crippen LogP contribution is -2.87. The van der Waals surface area contributed by atoms with Gasteiger partial charge in [0.25, 0.3) is 5.91 Å². The quantitative estimate of drug-likeness (QED) is 0.704. The maximum atomic E-state index is 12.4. The molecule has 0 fully saturated rings. The zero-order chi connectivity index (χ0) is 18.4. The monoisotopic (exact) mass is 345 g/mol. The third-order valence-corrected chi connectivity index (χ3v) is 4.55. The second kappa shape index (κ2) is 8.45. The average Bonchev–Trinajstić information content (AvgIpc) is 2.66. The molecule has 1 atom stereocenters. The van der Waals surface area contributed by atoms with Gasteiger partial charge in [-0.25, -0.2) is 0 Å². The highest BCUT2D eigenvalue weighted by molar-refractivity contribution is 5.92. The van der Waals surface area contributed by atoms with E-state index in [4.69, 9.17) is 0 Å². The van der Waals surface area contributed by atoms with Gasteiger partial charge in [-0.3, -0.25) is 4.79 Å². The lowest BCUT2D eigenvalue weighted by atomic mass is 9.98. The van der Waals surface area contributed by atoms with Crippen molar-refractivity contribution in [1.82, 2.24) is 0 Å². The minimum atomic E-state index is 0.00680. The standard InChI is InChI=1S/C23H24N2O/c1-17-12-14-20(15-13-17)23(19-9-4-3-5-10-19)24-16-22(26)25-21-11-7-6-8-18(21)2/h3-15,23-24H,16H2,1-2H3,(H,25,26)/p+1/t23-/m0/s1. The van der Waals surface area contributed by atoms with Crippen molar-refractivity contribution in [1.29, 1.82) is 0 Å². The van der Waals surface area contributed by atoms with E-state index in [9.17, 15) is 4.79 Å². The zero-order valence-corrected chi connectivity index (χ0v) is 15.3. The van der Waals surface area contributed by atoms with Crippen LogP contribution in [0, 0.1) is 13.8 Å². The minimum Gasteiger partial charge on any atom is -0.328 e. The highest BCUT2D eigenvalue weighted by Gasteiger charge is 2.19. The second-order valence-corrected chi connectivity index (χ2v) is 6.60. The van der Waals surface area contributed by atoms with Crippen LogP contribution < -0.4 is 10.6 Å². The summed E-state index contributed by atoms with van der Waals surface area (Å²) in [4.78, 5) is 12.4. The van der Waals surface area contributed by atoms with Crippen LogP contribution in [0.2, 0.25) is 0 Å². The topological polar surface area (TPSA) is 45.7 Å². The molecule has 0 unspecified atom stereocenters. The van der Waals surface area contributed by atoms with E-state index in [1.165, 1.54) is 16.7 Å². The van der Waals surface area contributed by atoms with Crippen LogP contribution in [-0.4, -0.2) is 12.5 Å². The molecule has 0 heterocycles. The Morgan fingerprint density at radius 1 is 0.846 bits per heavy atom. The number of rotatable bonds is 6. The van der Waals surface area contributed by atoms with E-state index in [0.29, 0.717) is 6.54 Å². The van der Waals surface area contributed by atoms with Crippen molar-refractivity contribution in [3.05, 3.63) is 101 Å². The van der Waals surface area contributed by atoms with Gasteiger partial charge in [0, 0.05) is 16.8 Å². The molecule has 1 amide bonds. The Hall–Kier alpha value is -2.91. The van der Waals surface area contributed by atoms with Gasteiger partial charge in [0.1, 0.15) is 6.04 Å². The first kappa shape index (κ1) is 17.9. The number of nitrogens with one attached hydrogen (secondary N) is 1. The predicted molar refractivity (Wildman–Crippen MR) is 106 cm³/mol. The van der Waals surface area contributed by atoms with Gasteiger partial charge < -0.3 is 10.6 Å². The van der Waals surface area contributed by atoms with Crippen LogP contribution >= 0.6 is 0 Å². The summed E-state index contributed by atoms with van der Waals surface area (Å²) in [6.07, 6.45) is 0. The van der Waals surface area contributed by atoms with Crippen molar-refractivity contribution in [3.8, 4) is 0 Å². The van der Waals surface area contributed by atoms with Crippen LogP contribution in [0.25, 0.3) is 0 Å². The van der Waals surface area contributed by atoms with E-state index < -0.39 is 0 Å². The third kappa shape index (κ3) is 4.58. The number of nitrogens with two attached hydrogens (primary N) is 1. The van der Waals surface area contributed by atoms with Gasteiger partial charge in [0.2, 0.25) is 0 Å². The molecular formula is C23H25N2O+. The van der Waals surface area contributed by atoms with Gasteiger partial charge >= 0.3 is 0 Å². The Balaban J connectivity index is 1.73. The minimum absolute atomic E-state index is 0.00680. The molecule has 0 aliphatic rings. The third-order valence-electron chi connectivity index (χ3n) is 4.55. The molecule has 0 aliphatic heterocycles. The Morgan fingerprint density at radius 3 is 2.15 bits per heavy atom. The molecule has 0 radical (unpaired) electrons. The number of carbonyl (C=O) groups is 1. The van der Waals surface area contributed by atoms with Crippen LogP contribution in [0.5, 0.6) is 0 Å². The molecule has 0 bridgehead atoms. The molecule has 0 aromatic heterocycles. The SMILES string of the molecule is Cc1ccc([C@@H]([NH2+]CC(=O)Nc2ccccc2C)c2ccccc2)cc1. The first-order chi connectivity index (χ1) is 12.6. The van der Waals surface area contributed by atoms with E-state index in [-0.39, 0.29) is 11.9 Å². The number of amides is 1. The first-order valence-electron chi connectivity index (χ1n) is 8.94. The number of quaternary nitrogens is 1. The van der Waals surface area contributed by atoms with Gasteiger partial charge in [-0.2, -0.15) is 0 Å². The summed E-state index contributed by atoms with van der Waals surface area (Å²) in [5.41, 5.74) is 5.57. The summed E-state index contributed by atoms with van der Waals surface area (Å²) in [6, 6.07) is 26.8. The number of aryl methyl sites for hydroxylation is 2. The van der Waals surface area contributed by atoms with Crippen molar-refractivity contribution in [2.75, 3.05) is 11.9 Å². The van der Waals surface area contributed by atoms with Crippen LogP contribution in [0.3, 0.4) is 0 Å². The molecule has 3 N–H and O–H groups in total. The number of benzene rings is 3. The van der Waals surface area contributed by atoms with E-state index in [1.54, 1.807) is 0 Å². The van der Waals surface area contributed by atoms with Gasteiger partial charge in [-0.15, -0.1) is 0 Å². The average molecular weight is 345 g/mol. The first-order valence-corrected chi connectivity index (χ1v) is 8.94. The largest absolute Gasteiger partial charge is 0.328 e. The van der Waals surface area contributed by atoms with E-state index in [2.05, 4.69) is 54.0 Å². The van der Waals surface area contributed by atoms with E-state index in [1.807, 2.05) is 49.4 Å². The van der Waals surface area contributed by atoms with E-state index in [0.717, 1.165) is 11.3 Å². The summed E-state index contributed by atoms with van der Waals surface area (Å²) in [5, 5.41) is 5.10. The summed E-state index contributed by atoms with van der Waals surface area (Å²) in [6.45, 7) is 4.45. The number of para-hydroxylation sites is 1. The Kier molecular flexibility index (Phi) is 5.82. The summed E-state index contributed by atoms with van der Waals surface area (Å²) < 4.78 is 0. The summed E-state index contributed by atoms with van der Waals surface area (Å²) in [5.74, 6) is 0.00680. The molecule has 132 valence electrons. The summed E-state index contributed by atoms with van der Waals surface area (Å²) >= 11 is 0. The molecule has 0 spiro atoms. The van der Waals surface area contributed by atoms with Crippen LogP contribution in [0.15, 0.2) is 78.9 Å². The lowest BCUT2D eigenvalue weighted by molar-refractivity contribution is -0.676. The molecule has 3 aromatic rings. The molecule has 0 aliphatic carbocycles. The van der Waals surface area contributed by atoms with Gasteiger partial charge in [0.05, 0.1) is 0 Å². The molecule has 3 rings (SSSR count). The smallest absolute Gasteiger partial charge is 0.279 e. The number of carbonyl (C=O) groups excluding carboxylic acids is 1. The normalized spacial score (nSPS) is 11.8. The Bertz CT molecular complexity index is 857. The van der Waals surface area contributed by atoms with Crippen LogP contribution in [-0.2, 0) is 4.79 Å². The van der Waals surface area contributed by atoms with Crippen LogP contribution in [0.4, 0.5) is 5.69 Å². The highest BCUT2D eigenvalue weighted by Crippen LogP contribution is 2.18. The Morgan fingerprint density at radius 2 is 1.46 bits per heavy atom. The molecule has 0 saturated carbocycles. The fourth-order valence-corrected chi connectivity index (χ4v) is 3.04.